The first kappa shape index (κ1) is 23.1. The lowest BCUT2D eigenvalue weighted by molar-refractivity contribution is -0.00938. The van der Waals surface area contributed by atoms with Crippen molar-refractivity contribution in [1.82, 2.24) is 14.2 Å². The maximum Gasteiger partial charge on any atom is 0.253 e. The minimum Gasteiger partial charge on any atom is -0.479 e. The molecule has 10 heteroatoms. The van der Waals surface area contributed by atoms with E-state index in [0.29, 0.717) is 42.9 Å². The fourth-order valence-electron chi connectivity index (χ4n) is 4.81. The first-order valence-electron chi connectivity index (χ1n) is 11.2. The van der Waals surface area contributed by atoms with Gasteiger partial charge in [0.05, 0.1) is 16.3 Å². The Morgan fingerprint density at radius 1 is 1.11 bits per heavy atom. The number of ether oxygens (including phenoxy) is 1. The molecule has 1 fully saturated rings. The molecule has 180 valence electrons. The Bertz CT molecular complexity index is 1430. The molecule has 2 N–H and O–H groups in total. The summed E-state index contributed by atoms with van der Waals surface area (Å²) in [5.41, 5.74) is 1.99. The lowest BCUT2D eigenvalue weighted by Gasteiger charge is -2.45. The van der Waals surface area contributed by atoms with Gasteiger partial charge in [-0.1, -0.05) is 12.1 Å². The van der Waals surface area contributed by atoms with Crippen molar-refractivity contribution in [2.75, 3.05) is 13.1 Å². The average molecular weight is 493 g/mol. The zero-order valence-electron chi connectivity index (χ0n) is 19.0. The highest BCUT2D eigenvalue weighted by molar-refractivity contribution is 7.89. The predicted octanol–water partition coefficient (Wildman–Crippen LogP) is 2.49. The third-order valence-corrected chi connectivity index (χ3v) is 8.01. The SMILES string of the molecule is CC(O)NS(=O)(=O)c1ccc(C(=O)N2CCC3(CC2)Oc2ccccc2-n2c(C#N)ccc23)cc1. The molecule has 0 bridgehead atoms. The summed E-state index contributed by atoms with van der Waals surface area (Å²) in [6.07, 6.45) is -0.124. The fraction of sp³-hybridized carbons (Fsp3) is 0.280. The highest BCUT2D eigenvalue weighted by Gasteiger charge is 2.45. The van der Waals surface area contributed by atoms with Crippen LogP contribution in [0.4, 0.5) is 0 Å². The Morgan fingerprint density at radius 3 is 2.46 bits per heavy atom. The first-order valence-corrected chi connectivity index (χ1v) is 12.7. The minimum absolute atomic E-state index is 0.0316. The van der Waals surface area contributed by atoms with E-state index in [1.54, 1.807) is 11.0 Å². The summed E-state index contributed by atoms with van der Waals surface area (Å²) in [5, 5.41) is 18.9. The minimum atomic E-state index is -3.87. The predicted molar refractivity (Wildman–Crippen MR) is 126 cm³/mol. The van der Waals surface area contributed by atoms with Crippen molar-refractivity contribution in [2.45, 2.75) is 36.5 Å². The number of amides is 1. The number of fused-ring (bicyclic) bond motifs is 4. The van der Waals surface area contributed by atoms with Crippen LogP contribution >= 0.6 is 0 Å². The van der Waals surface area contributed by atoms with Gasteiger partial charge in [0.15, 0.2) is 5.60 Å². The van der Waals surface area contributed by atoms with Crippen molar-refractivity contribution < 1.29 is 23.1 Å². The second kappa shape index (κ2) is 8.53. The van der Waals surface area contributed by atoms with Crippen molar-refractivity contribution in [1.29, 1.82) is 5.26 Å². The number of nitrogens with one attached hydrogen (secondary N) is 1. The summed E-state index contributed by atoms with van der Waals surface area (Å²) in [7, 11) is -3.87. The third-order valence-electron chi connectivity index (χ3n) is 6.47. The van der Waals surface area contributed by atoms with Crippen molar-refractivity contribution >= 4 is 15.9 Å². The standard InChI is InChI=1S/C25H24N4O5S/c1-17(30)27-35(32,33)20-9-6-18(7-10-20)24(31)28-14-12-25(13-15-28)23-11-8-19(16-26)29(23)21-4-2-3-5-22(21)34-25/h2-11,17,27,30H,12-15H2,1H3. The lowest BCUT2D eigenvalue weighted by atomic mass is 9.86. The number of hydrogen-bond acceptors (Lipinski definition) is 6. The van der Waals surface area contributed by atoms with E-state index in [4.69, 9.17) is 4.74 Å². The highest BCUT2D eigenvalue weighted by atomic mass is 32.2. The molecule has 5 rings (SSSR count). The van der Waals surface area contributed by atoms with Crippen molar-refractivity contribution in [3.05, 3.63) is 77.6 Å². The summed E-state index contributed by atoms with van der Waals surface area (Å²) in [5.74, 6) is 0.506. The number of carbonyl (C=O) groups is 1. The van der Waals surface area contributed by atoms with E-state index >= 15 is 0 Å². The number of para-hydroxylation sites is 2. The molecule has 1 aromatic heterocycles. The van der Waals surface area contributed by atoms with Gasteiger partial charge in [-0.25, -0.2) is 8.42 Å². The quantitative estimate of drug-likeness (QED) is 0.539. The molecule has 1 amide bonds. The molecule has 2 aliphatic rings. The van der Waals surface area contributed by atoms with Gasteiger partial charge in [-0.3, -0.25) is 9.36 Å². The van der Waals surface area contributed by atoms with Crippen LogP contribution < -0.4 is 9.46 Å². The van der Waals surface area contributed by atoms with Crippen LogP contribution in [0.1, 0.15) is 41.5 Å². The zero-order valence-corrected chi connectivity index (χ0v) is 19.8. The second-order valence-corrected chi connectivity index (χ2v) is 10.4. The van der Waals surface area contributed by atoms with Crippen molar-refractivity contribution in [3.8, 4) is 17.5 Å². The third kappa shape index (κ3) is 3.97. The molecule has 0 aliphatic carbocycles. The van der Waals surface area contributed by atoms with Crippen LogP contribution in [0.5, 0.6) is 5.75 Å². The smallest absolute Gasteiger partial charge is 0.253 e. The topological polar surface area (TPSA) is 125 Å². The molecule has 35 heavy (non-hydrogen) atoms. The van der Waals surface area contributed by atoms with E-state index in [1.807, 2.05) is 34.9 Å². The number of piperidine rings is 1. The van der Waals surface area contributed by atoms with Gasteiger partial charge in [0.1, 0.15) is 23.7 Å². The molecule has 3 heterocycles. The van der Waals surface area contributed by atoms with E-state index in [-0.39, 0.29) is 10.8 Å². The number of sulfonamides is 1. The summed E-state index contributed by atoms with van der Waals surface area (Å²) in [6, 6.07) is 19.2. The Hall–Kier alpha value is -3.65. The van der Waals surface area contributed by atoms with Crippen LogP contribution in [0.2, 0.25) is 0 Å². The molecule has 0 radical (unpaired) electrons. The Kier molecular flexibility index (Phi) is 5.63. The van der Waals surface area contributed by atoms with E-state index in [0.717, 1.165) is 11.4 Å². The van der Waals surface area contributed by atoms with Gasteiger partial charge in [-0.05, 0) is 55.5 Å². The number of aliphatic hydroxyl groups is 1. The maximum absolute atomic E-state index is 13.1. The number of rotatable bonds is 4. The fourth-order valence-corrected chi connectivity index (χ4v) is 5.89. The molecule has 1 spiro atoms. The number of nitrogens with zero attached hydrogens (tertiary/aromatic N) is 3. The molecule has 2 aliphatic heterocycles. The van der Waals surface area contributed by atoms with Gasteiger partial charge in [-0.2, -0.15) is 9.98 Å². The molecule has 1 atom stereocenters. The van der Waals surface area contributed by atoms with Crippen LogP contribution in [0.15, 0.2) is 65.6 Å². The molecule has 1 saturated heterocycles. The summed E-state index contributed by atoms with van der Waals surface area (Å²) in [6.45, 7) is 2.20. The molecular weight excluding hydrogens is 468 g/mol. The van der Waals surface area contributed by atoms with Gasteiger partial charge in [-0.15, -0.1) is 0 Å². The Labute approximate surface area is 203 Å². The van der Waals surface area contributed by atoms with Crippen LogP contribution in [0, 0.1) is 11.3 Å². The lowest BCUT2D eigenvalue weighted by Crippen LogP contribution is -2.50. The van der Waals surface area contributed by atoms with Gasteiger partial charge < -0.3 is 14.7 Å². The van der Waals surface area contributed by atoms with Crippen molar-refractivity contribution in [3.63, 3.8) is 0 Å². The number of hydrogen-bond donors (Lipinski definition) is 2. The Morgan fingerprint density at radius 2 is 1.80 bits per heavy atom. The van der Waals surface area contributed by atoms with Crippen molar-refractivity contribution in [2.24, 2.45) is 0 Å². The first-order chi connectivity index (χ1) is 16.7. The Balaban J connectivity index is 1.35. The van der Waals surface area contributed by atoms with Gasteiger partial charge in [0, 0.05) is 31.5 Å². The van der Waals surface area contributed by atoms with Crippen LogP contribution in [-0.4, -0.2) is 48.2 Å². The number of benzene rings is 2. The largest absolute Gasteiger partial charge is 0.479 e. The molecule has 1 unspecified atom stereocenters. The summed E-state index contributed by atoms with van der Waals surface area (Å²) < 4.78 is 35.0. The van der Waals surface area contributed by atoms with Crippen LogP contribution in [-0.2, 0) is 15.6 Å². The summed E-state index contributed by atoms with van der Waals surface area (Å²) >= 11 is 0. The van der Waals surface area contributed by atoms with E-state index in [1.165, 1.54) is 31.2 Å². The maximum atomic E-state index is 13.1. The van der Waals surface area contributed by atoms with Crippen LogP contribution in [0.25, 0.3) is 5.69 Å². The molecular formula is C25H24N4O5S. The average Bonchev–Trinajstić information content (AvgIpc) is 3.29. The monoisotopic (exact) mass is 492 g/mol. The summed E-state index contributed by atoms with van der Waals surface area (Å²) in [4.78, 5) is 14.8. The number of likely N-dealkylation sites (tertiary alicyclic amines) is 1. The number of carbonyl (C=O) groups excluding carboxylic acids is 1. The number of aromatic nitrogens is 1. The second-order valence-electron chi connectivity index (χ2n) is 8.73. The molecule has 3 aromatic rings. The van der Waals surface area contributed by atoms with E-state index < -0.39 is 21.9 Å². The van der Waals surface area contributed by atoms with E-state index in [2.05, 4.69) is 10.8 Å². The number of nitriles is 1. The molecule has 9 nitrogen and oxygen atoms in total. The highest BCUT2D eigenvalue weighted by Crippen LogP contribution is 2.45. The molecule has 2 aromatic carbocycles. The van der Waals surface area contributed by atoms with Gasteiger partial charge >= 0.3 is 0 Å². The zero-order chi connectivity index (χ0) is 24.8. The normalized spacial score (nSPS) is 17.1. The molecule has 0 saturated carbocycles. The van der Waals surface area contributed by atoms with Gasteiger partial charge in [0.2, 0.25) is 10.0 Å². The van der Waals surface area contributed by atoms with Gasteiger partial charge in [0.25, 0.3) is 5.91 Å². The van der Waals surface area contributed by atoms with Crippen LogP contribution in [0.3, 0.4) is 0 Å². The van der Waals surface area contributed by atoms with E-state index in [9.17, 15) is 23.6 Å². The number of aliphatic hydroxyl groups excluding tert-OH is 1.